The lowest BCUT2D eigenvalue weighted by Crippen LogP contribution is -2.49. The van der Waals surface area contributed by atoms with Crippen LogP contribution in [0.1, 0.15) is 70.7 Å². The van der Waals surface area contributed by atoms with Crippen LogP contribution in [-0.2, 0) is 12.0 Å². The van der Waals surface area contributed by atoms with Crippen molar-refractivity contribution in [3.05, 3.63) is 53.7 Å². The molecule has 2 N–H and O–H groups in total. The predicted octanol–water partition coefficient (Wildman–Crippen LogP) is 4.87. The Labute approximate surface area is 204 Å². The number of nitrogens with zero attached hydrogens (tertiary/aromatic N) is 3. The Hall–Kier alpha value is -1.61. The largest absolute Gasteiger partial charge is 0.443 e. The molecule has 0 radical (unpaired) electrons. The molecular weight excluding hydrogens is 501 g/mol. The van der Waals surface area contributed by atoms with Crippen LogP contribution in [0.2, 0.25) is 0 Å². The molecule has 2 aromatic rings. The van der Waals surface area contributed by atoms with Gasteiger partial charge in [0.15, 0.2) is 5.96 Å². The first-order chi connectivity index (χ1) is 14.4. The molecule has 1 aromatic carbocycles. The van der Waals surface area contributed by atoms with Crippen LogP contribution < -0.4 is 10.6 Å². The van der Waals surface area contributed by atoms with Crippen molar-refractivity contribution in [1.29, 1.82) is 0 Å². The molecule has 1 unspecified atom stereocenters. The molecule has 1 aromatic heterocycles. The lowest BCUT2D eigenvalue weighted by Gasteiger charge is -2.37. The van der Waals surface area contributed by atoms with Crippen molar-refractivity contribution in [2.24, 2.45) is 4.99 Å². The summed E-state index contributed by atoms with van der Waals surface area (Å²) in [5, 5.41) is 6.96. The molecule has 0 bridgehead atoms. The lowest BCUT2D eigenvalue weighted by molar-refractivity contribution is 0.158. The van der Waals surface area contributed by atoms with Gasteiger partial charge in [-0.05, 0) is 32.3 Å². The van der Waals surface area contributed by atoms with Gasteiger partial charge in [0, 0.05) is 37.1 Å². The molecule has 31 heavy (non-hydrogen) atoms. The molecule has 1 saturated heterocycles. The van der Waals surface area contributed by atoms with E-state index in [4.69, 9.17) is 9.41 Å². The highest BCUT2D eigenvalue weighted by Crippen LogP contribution is 2.24. The van der Waals surface area contributed by atoms with Crippen LogP contribution in [0, 0.1) is 0 Å². The molecule has 7 heteroatoms. The molecule has 1 fully saturated rings. The van der Waals surface area contributed by atoms with Crippen LogP contribution in [0.15, 0.2) is 45.9 Å². The highest BCUT2D eigenvalue weighted by molar-refractivity contribution is 14.0. The maximum Gasteiger partial charge on any atom is 0.216 e. The summed E-state index contributed by atoms with van der Waals surface area (Å²) in [5.41, 5.74) is 1.35. The number of likely N-dealkylation sites (tertiary alicyclic amines) is 1. The third-order valence-electron chi connectivity index (χ3n) is 5.71. The summed E-state index contributed by atoms with van der Waals surface area (Å²) < 4.78 is 5.87. The van der Waals surface area contributed by atoms with Crippen LogP contribution in [0.3, 0.4) is 0 Å². The summed E-state index contributed by atoms with van der Waals surface area (Å²) in [6.45, 7) is 14.2. The molecule has 0 saturated carbocycles. The zero-order valence-electron chi connectivity index (χ0n) is 19.5. The fraction of sp³-hybridized carbons (Fsp3) is 0.583. The van der Waals surface area contributed by atoms with E-state index in [1.807, 2.05) is 6.20 Å². The highest BCUT2D eigenvalue weighted by Gasteiger charge is 2.24. The summed E-state index contributed by atoms with van der Waals surface area (Å²) in [7, 11) is 0. The zero-order chi connectivity index (χ0) is 21.6. The van der Waals surface area contributed by atoms with E-state index in [1.165, 1.54) is 5.56 Å². The number of nitrogens with one attached hydrogen (secondary N) is 2. The number of hydrogen-bond acceptors (Lipinski definition) is 4. The van der Waals surface area contributed by atoms with E-state index in [9.17, 15) is 0 Å². The number of benzene rings is 1. The number of rotatable bonds is 6. The molecule has 1 atom stereocenters. The summed E-state index contributed by atoms with van der Waals surface area (Å²) in [6, 6.07) is 11.6. The molecule has 172 valence electrons. The Bertz CT molecular complexity index is 807. The minimum absolute atomic E-state index is 0. The molecule has 6 nitrogen and oxygen atoms in total. The van der Waals surface area contributed by atoms with Crippen molar-refractivity contribution in [3.8, 4) is 0 Å². The average Bonchev–Trinajstić information content (AvgIpc) is 3.23. The third kappa shape index (κ3) is 7.49. The van der Waals surface area contributed by atoms with Gasteiger partial charge in [-0.15, -0.1) is 24.0 Å². The van der Waals surface area contributed by atoms with Gasteiger partial charge in [-0.3, -0.25) is 4.90 Å². The fourth-order valence-corrected chi connectivity index (χ4v) is 3.76. The third-order valence-corrected chi connectivity index (χ3v) is 5.71. The second kappa shape index (κ2) is 11.9. The molecular formula is C24H38IN5O. The molecule has 0 aliphatic carbocycles. The smallest absolute Gasteiger partial charge is 0.216 e. The van der Waals surface area contributed by atoms with Gasteiger partial charge in [0.2, 0.25) is 5.89 Å². The number of hydrogen-bond donors (Lipinski definition) is 2. The molecule has 0 amide bonds. The van der Waals surface area contributed by atoms with E-state index < -0.39 is 0 Å². The van der Waals surface area contributed by atoms with Gasteiger partial charge in [-0.2, -0.15) is 0 Å². The van der Waals surface area contributed by atoms with Crippen LogP contribution in [0.4, 0.5) is 0 Å². The van der Waals surface area contributed by atoms with Gasteiger partial charge < -0.3 is 15.1 Å². The zero-order valence-corrected chi connectivity index (χ0v) is 21.8. The van der Waals surface area contributed by atoms with Crippen molar-refractivity contribution in [2.45, 2.75) is 71.5 Å². The number of aliphatic imine (C=N–C) groups is 1. The monoisotopic (exact) mass is 539 g/mol. The predicted molar refractivity (Wildman–Crippen MR) is 138 cm³/mol. The number of guanidine groups is 1. The van der Waals surface area contributed by atoms with Gasteiger partial charge in [-0.25, -0.2) is 9.98 Å². The summed E-state index contributed by atoms with van der Waals surface area (Å²) in [5.74, 6) is 2.39. The molecule has 1 aliphatic heterocycles. The number of oxazole rings is 1. The van der Waals surface area contributed by atoms with E-state index in [1.54, 1.807) is 0 Å². The molecule has 1 aliphatic rings. The topological polar surface area (TPSA) is 65.7 Å². The van der Waals surface area contributed by atoms with Crippen molar-refractivity contribution in [2.75, 3.05) is 19.6 Å². The summed E-state index contributed by atoms with van der Waals surface area (Å²) >= 11 is 0. The first-order valence-electron chi connectivity index (χ1n) is 11.2. The minimum atomic E-state index is -0.0391. The van der Waals surface area contributed by atoms with E-state index >= 15 is 0 Å². The Kier molecular flexibility index (Phi) is 9.81. The van der Waals surface area contributed by atoms with Gasteiger partial charge in [0.25, 0.3) is 0 Å². The van der Waals surface area contributed by atoms with Crippen molar-refractivity contribution in [3.63, 3.8) is 0 Å². The van der Waals surface area contributed by atoms with Crippen molar-refractivity contribution >= 4 is 29.9 Å². The van der Waals surface area contributed by atoms with E-state index in [0.29, 0.717) is 24.5 Å². The lowest BCUT2D eigenvalue weighted by atomic mass is 9.94. The van der Waals surface area contributed by atoms with Gasteiger partial charge >= 0.3 is 0 Å². The van der Waals surface area contributed by atoms with Gasteiger partial charge in [-0.1, -0.05) is 51.1 Å². The standard InChI is InChI=1S/C24H37N5O.HI/c1-6-25-23(27-17-22-26-16-21(30-22)24(3,4)5)28-20-12-14-29(15-13-20)18(2)19-10-8-7-9-11-19;/h7-11,16,18,20H,6,12-15,17H2,1-5H3,(H2,25,27,28);1H. The van der Waals surface area contributed by atoms with E-state index in [-0.39, 0.29) is 29.4 Å². The maximum absolute atomic E-state index is 5.87. The fourth-order valence-electron chi connectivity index (χ4n) is 3.76. The first kappa shape index (κ1) is 25.6. The number of piperidine rings is 1. The number of halogens is 1. The van der Waals surface area contributed by atoms with Crippen molar-refractivity contribution in [1.82, 2.24) is 20.5 Å². The molecule has 2 heterocycles. The Morgan fingerprint density at radius 2 is 1.90 bits per heavy atom. The van der Waals surface area contributed by atoms with Gasteiger partial charge in [0.05, 0.1) is 6.20 Å². The Balaban J connectivity index is 0.00000341. The molecule has 3 rings (SSSR count). The number of aromatic nitrogens is 1. The van der Waals surface area contributed by atoms with E-state index in [2.05, 4.69) is 85.5 Å². The van der Waals surface area contributed by atoms with E-state index in [0.717, 1.165) is 44.2 Å². The maximum atomic E-state index is 5.87. The first-order valence-corrected chi connectivity index (χ1v) is 11.2. The average molecular weight is 540 g/mol. The SMILES string of the molecule is CCNC(=NCc1ncc(C(C)(C)C)o1)NC1CCN(C(C)c2ccccc2)CC1.I. The second-order valence-electron chi connectivity index (χ2n) is 9.10. The second-order valence-corrected chi connectivity index (χ2v) is 9.10. The highest BCUT2D eigenvalue weighted by atomic mass is 127. The summed E-state index contributed by atoms with van der Waals surface area (Å²) in [6.07, 6.45) is 4.03. The normalized spacial score (nSPS) is 17.1. The van der Waals surface area contributed by atoms with Crippen LogP contribution in [-0.4, -0.2) is 41.5 Å². The quantitative estimate of drug-likeness (QED) is 0.312. The Morgan fingerprint density at radius 1 is 1.23 bits per heavy atom. The van der Waals surface area contributed by atoms with Crippen LogP contribution >= 0.6 is 24.0 Å². The summed E-state index contributed by atoms with van der Waals surface area (Å²) in [4.78, 5) is 11.7. The molecule has 0 spiro atoms. The van der Waals surface area contributed by atoms with Crippen molar-refractivity contribution < 1.29 is 4.42 Å². The minimum Gasteiger partial charge on any atom is -0.443 e. The van der Waals surface area contributed by atoms with Gasteiger partial charge in [0.1, 0.15) is 12.3 Å². The van der Waals surface area contributed by atoms with Crippen LogP contribution in [0.25, 0.3) is 0 Å². The Morgan fingerprint density at radius 3 is 2.48 bits per heavy atom. The van der Waals surface area contributed by atoms with Crippen LogP contribution in [0.5, 0.6) is 0 Å².